The first kappa shape index (κ1) is 30.2. The van der Waals surface area contributed by atoms with Crippen LogP contribution in [0.3, 0.4) is 0 Å². The van der Waals surface area contributed by atoms with Gasteiger partial charge in [0.15, 0.2) is 11.5 Å². The second-order valence-corrected chi connectivity index (χ2v) is 9.32. The van der Waals surface area contributed by atoms with Crippen LogP contribution >= 0.6 is 0 Å². The fraction of sp³-hybridized carbons (Fsp3) is 0.731. The first-order valence-electron chi connectivity index (χ1n) is 12.2. The number of carboxylic acids is 1. The fourth-order valence-corrected chi connectivity index (χ4v) is 3.72. The van der Waals surface area contributed by atoms with Crippen LogP contribution < -0.4 is 15.2 Å². The molecule has 1 rings (SSSR count). The molecule has 0 aliphatic carbocycles. The molecule has 0 heterocycles. The summed E-state index contributed by atoms with van der Waals surface area (Å²) in [4.78, 5) is 11.1. The number of hydrogen-bond donors (Lipinski definition) is 3. The van der Waals surface area contributed by atoms with Crippen molar-refractivity contribution in [3.8, 4) is 11.5 Å². The Bertz CT molecular complexity index is 698. The number of carbonyl (C=O) groups is 1. The van der Waals surface area contributed by atoms with E-state index in [9.17, 15) is 9.90 Å². The van der Waals surface area contributed by atoms with Gasteiger partial charge in [-0.15, -0.1) is 0 Å². The van der Waals surface area contributed by atoms with Crippen molar-refractivity contribution < 1.29 is 34.0 Å². The Balaban J connectivity index is 2.88. The van der Waals surface area contributed by atoms with E-state index in [0.29, 0.717) is 50.3 Å². The van der Waals surface area contributed by atoms with Crippen molar-refractivity contribution >= 4 is 5.97 Å². The Morgan fingerprint density at radius 3 is 2.06 bits per heavy atom. The molecule has 4 atom stereocenters. The molecule has 0 aromatic heterocycles. The number of carboxylic acid groups (broad SMARTS) is 1. The van der Waals surface area contributed by atoms with Gasteiger partial charge in [-0.2, -0.15) is 0 Å². The molecule has 0 aliphatic heterocycles. The number of aliphatic hydroxyl groups is 1. The van der Waals surface area contributed by atoms with E-state index in [1.165, 1.54) is 0 Å². The van der Waals surface area contributed by atoms with Crippen LogP contribution in [0.2, 0.25) is 0 Å². The standard InChI is InChI=1S/C26H45NO7/c1-18(2)21(17-22(27)23(28)14-19(3)26(29)30)15-20-8-9-24(33-12-6-10-31-4)25(16-20)34-13-7-11-32-5/h8-9,16,18-19,21-23,28H,6-7,10-15,17,27H2,1-5H3,(H,29,30)/t19-,21+,22+,23+/m1/s1. The molecular weight excluding hydrogens is 438 g/mol. The summed E-state index contributed by atoms with van der Waals surface area (Å²) in [7, 11) is 3.34. The Kier molecular flexibility index (Phi) is 14.8. The summed E-state index contributed by atoms with van der Waals surface area (Å²) in [5, 5.41) is 19.5. The molecule has 0 amide bonds. The minimum atomic E-state index is -0.922. The molecule has 8 nitrogen and oxygen atoms in total. The number of rotatable bonds is 19. The van der Waals surface area contributed by atoms with Gasteiger partial charge >= 0.3 is 5.97 Å². The first-order chi connectivity index (χ1) is 16.2. The van der Waals surface area contributed by atoms with Gasteiger partial charge in [-0.25, -0.2) is 0 Å². The first-order valence-corrected chi connectivity index (χ1v) is 12.2. The second-order valence-electron chi connectivity index (χ2n) is 9.32. The molecule has 1 aromatic carbocycles. The van der Waals surface area contributed by atoms with E-state index in [2.05, 4.69) is 13.8 Å². The SMILES string of the molecule is COCCCOc1ccc(C[C@@H](C[C@H](N)[C@@H](O)C[C@@H](C)C(=O)O)C(C)C)cc1OCCCOC. The van der Waals surface area contributed by atoms with E-state index in [1.807, 2.05) is 18.2 Å². The Morgan fingerprint density at radius 1 is 0.941 bits per heavy atom. The summed E-state index contributed by atoms with van der Waals surface area (Å²) in [6.45, 7) is 8.19. The van der Waals surface area contributed by atoms with Crippen LogP contribution in [0, 0.1) is 17.8 Å². The molecule has 4 N–H and O–H groups in total. The van der Waals surface area contributed by atoms with Gasteiger partial charge in [-0.1, -0.05) is 26.8 Å². The van der Waals surface area contributed by atoms with Gasteiger partial charge in [0.1, 0.15) is 0 Å². The predicted molar refractivity (Wildman–Crippen MR) is 132 cm³/mol. The van der Waals surface area contributed by atoms with E-state index in [0.717, 1.165) is 24.8 Å². The van der Waals surface area contributed by atoms with Crippen LogP contribution in [0.15, 0.2) is 18.2 Å². The lowest BCUT2D eigenvalue weighted by Crippen LogP contribution is -2.39. The van der Waals surface area contributed by atoms with Crippen LogP contribution in [0.5, 0.6) is 11.5 Å². The molecule has 0 bridgehead atoms. The highest BCUT2D eigenvalue weighted by Gasteiger charge is 2.26. The molecule has 1 aromatic rings. The maximum atomic E-state index is 11.1. The van der Waals surface area contributed by atoms with Gasteiger partial charge in [0.25, 0.3) is 0 Å². The topological polar surface area (TPSA) is 120 Å². The monoisotopic (exact) mass is 483 g/mol. The maximum Gasteiger partial charge on any atom is 0.306 e. The van der Waals surface area contributed by atoms with Gasteiger partial charge in [0.05, 0.1) is 25.2 Å². The van der Waals surface area contributed by atoms with Crippen molar-refractivity contribution in [1.82, 2.24) is 0 Å². The zero-order valence-electron chi connectivity index (χ0n) is 21.5. The fourth-order valence-electron chi connectivity index (χ4n) is 3.72. The molecule has 8 heteroatoms. The Hall–Kier alpha value is -1.87. The number of nitrogens with two attached hydrogens (primary N) is 1. The van der Waals surface area contributed by atoms with Gasteiger partial charge < -0.3 is 34.9 Å². The lowest BCUT2D eigenvalue weighted by Gasteiger charge is -2.28. The zero-order valence-corrected chi connectivity index (χ0v) is 21.5. The number of aliphatic hydroxyl groups excluding tert-OH is 1. The maximum absolute atomic E-state index is 11.1. The second kappa shape index (κ2) is 16.7. The highest BCUT2D eigenvalue weighted by Crippen LogP contribution is 2.32. The summed E-state index contributed by atoms with van der Waals surface area (Å²) < 4.78 is 22.1. The summed E-state index contributed by atoms with van der Waals surface area (Å²) >= 11 is 0. The molecule has 0 fully saturated rings. The van der Waals surface area contributed by atoms with Crippen LogP contribution in [-0.2, 0) is 20.7 Å². The number of hydrogen-bond acceptors (Lipinski definition) is 7. The number of methoxy groups -OCH3 is 2. The van der Waals surface area contributed by atoms with Crippen molar-refractivity contribution in [2.75, 3.05) is 40.6 Å². The smallest absolute Gasteiger partial charge is 0.306 e. The number of benzene rings is 1. The molecule has 0 saturated carbocycles. The Morgan fingerprint density at radius 2 is 1.53 bits per heavy atom. The third-order valence-electron chi connectivity index (χ3n) is 6.04. The van der Waals surface area contributed by atoms with Crippen molar-refractivity contribution in [1.29, 1.82) is 0 Å². The quantitative estimate of drug-likeness (QED) is 0.256. The summed E-state index contributed by atoms with van der Waals surface area (Å²) in [5.74, 6) is 0.411. The van der Waals surface area contributed by atoms with E-state index < -0.39 is 24.0 Å². The van der Waals surface area contributed by atoms with E-state index >= 15 is 0 Å². The van der Waals surface area contributed by atoms with E-state index in [-0.39, 0.29) is 12.3 Å². The molecule has 0 saturated heterocycles. The molecular formula is C26H45NO7. The van der Waals surface area contributed by atoms with Gasteiger partial charge in [-0.3, -0.25) is 4.79 Å². The highest BCUT2D eigenvalue weighted by atomic mass is 16.5. The van der Waals surface area contributed by atoms with Gasteiger partial charge in [-0.05, 0) is 48.8 Å². The number of aliphatic carboxylic acids is 1. The van der Waals surface area contributed by atoms with Crippen molar-refractivity contribution in [2.45, 2.75) is 65.0 Å². The van der Waals surface area contributed by atoms with E-state index in [4.69, 9.17) is 29.8 Å². The lowest BCUT2D eigenvalue weighted by molar-refractivity contribution is -0.142. The van der Waals surface area contributed by atoms with Crippen molar-refractivity contribution in [3.05, 3.63) is 23.8 Å². The minimum Gasteiger partial charge on any atom is -0.490 e. The summed E-state index contributed by atoms with van der Waals surface area (Å²) in [5.41, 5.74) is 7.38. The average Bonchev–Trinajstić information content (AvgIpc) is 2.79. The third-order valence-corrected chi connectivity index (χ3v) is 6.04. The Labute approximate surface area is 204 Å². The summed E-state index contributed by atoms with van der Waals surface area (Å²) in [6, 6.07) is 5.51. The minimum absolute atomic E-state index is 0.149. The number of ether oxygens (including phenoxy) is 4. The van der Waals surface area contributed by atoms with E-state index in [1.54, 1.807) is 21.1 Å². The molecule has 34 heavy (non-hydrogen) atoms. The van der Waals surface area contributed by atoms with Crippen molar-refractivity contribution in [3.63, 3.8) is 0 Å². The molecule has 0 spiro atoms. The summed E-state index contributed by atoms with van der Waals surface area (Å²) in [6.07, 6.45) is 2.23. The van der Waals surface area contributed by atoms with Crippen LogP contribution in [-0.4, -0.2) is 69.0 Å². The van der Waals surface area contributed by atoms with Crippen LogP contribution in [0.4, 0.5) is 0 Å². The zero-order chi connectivity index (χ0) is 25.5. The molecule has 0 aliphatic rings. The largest absolute Gasteiger partial charge is 0.490 e. The van der Waals surface area contributed by atoms with Crippen molar-refractivity contribution in [2.24, 2.45) is 23.5 Å². The highest BCUT2D eigenvalue weighted by molar-refractivity contribution is 5.69. The predicted octanol–water partition coefficient (Wildman–Crippen LogP) is 3.52. The van der Waals surface area contributed by atoms with Gasteiger partial charge in [0.2, 0.25) is 0 Å². The third kappa shape index (κ3) is 11.5. The normalized spacial score (nSPS) is 15.1. The van der Waals surface area contributed by atoms with Crippen LogP contribution in [0.1, 0.15) is 52.0 Å². The molecule has 196 valence electrons. The molecule has 0 unspecified atom stereocenters. The van der Waals surface area contributed by atoms with Crippen LogP contribution in [0.25, 0.3) is 0 Å². The lowest BCUT2D eigenvalue weighted by atomic mass is 9.82. The molecule has 0 radical (unpaired) electrons. The van der Waals surface area contributed by atoms with Gasteiger partial charge in [0, 0.05) is 46.3 Å². The average molecular weight is 484 g/mol.